The van der Waals surface area contributed by atoms with E-state index in [-0.39, 0.29) is 11.7 Å². The third-order valence-electron chi connectivity index (χ3n) is 3.07. The van der Waals surface area contributed by atoms with E-state index in [1.165, 1.54) is 0 Å². The van der Waals surface area contributed by atoms with E-state index >= 15 is 0 Å². The zero-order valence-electron chi connectivity index (χ0n) is 8.69. The zero-order chi connectivity index (χ0) is 10.1. The molecule has 3 unspecified atom stereocenters. The summed E-state index contributed by atoms with van der Waals surface area (Å²) in [6, 6.07) is 0. The number of allylic oxidation sites excluding steroid dienone is 4. The molecule has 0 amide bonds. The van der Waals surface area contributed by atoms with Crippen molar-refractivity contribution in [3.8, 4) is 0 Å². The number of ketones is 1. The molecule has 2 nitrogen and oxygen atoms in total. The van der Waals surface area contributed by atoms with Gasteiger partial charge >= 0.3 is 0 Å². The van der Waals surface area contributed by atoms with E-state index in [1.807, 2.05) is 6.08 Å². The molecule has 76 valence electrons. The topological polar surface area (TPSA) is 26.3 Å². The van der Waals surface area contributed by atoms with Crippen molar-refractivity contribution in [3.05, 3.63) is 24.0 Å². The lowest BCUT2D eigenvalue weighted by Gasteiger charge is -2.29. The SMILES string of the molecule is CCC(C)COC1=CC2C=CC(=O)C12. The van der Waals surface area contributed by atoms with Gasteiger partial charge in [0.25, 0.3) is 0 Å². The second-order valence-corrected chi connectivity index (χ2v) is 4.21. The summed E-state index contributed by atoms with van der Waals surface area (Å²) in [4.78, 5) is 11.4. The minimum absolute atomic E-state index is 0.0269. The van der Waals surface area contributed by atoms with E-state index in [1.54, 1.807) is 6.08 Å². The molecule has 0 aliphatic heterocycles. The molecule has 2 rings (SSSR count). The van der Waals surface area contributed by atoms with Crippen LogP contribution < -0.4 is 0 Å². The van der Waals surface area contributed by atoms with Crippen molar-refractivity contribution in [2.75, 3.05) is 6.61 Å². The predicted octanol–water partition coefficient (Wildman–Crippen LogP) is 2.32. The molecule has 2 heteroatoms. The van der Waals surface area contributed by atoms with Gasteiger partial charge in [0.2, 0.25) is 0 Å². The third-order valence-corrected chi connectivity index (χ3v) is 3.07. The molecule has 0 bridgehead atoms. The Kier molecular flexibility index (Phi) is 2.44. The molecule has 0 N–H and O–H groups in total. The molecule has 0 fully saturated rings. The van der Waals surface area contributed by atoms with Gasteiger partial charge in [-0.3, -0.25) is 4.79 Å². The maximum absolute atomic E-state index is 11.4. The highest BCUT2D eigenvalue weighted by molar-refractivity contribution is 5.98. The zero-order valence-corrected chi connectivity index (χ0v) is 8.69. The Bertz CT molecular complexity index is 301. The lowest BCUT2D eigenvalue weighted by molar-refractivity contribution is -0.119. The van der Waals surface area contributed by atoms with Crippen molar-refractivity contribution in [1.82, 2.24) is 0 Å². The van der Waals surface area contributed by atoms with Crippen molar-refractivity contribution in [2.45, 2.75) is 20.3 Å². The first kappa shape index (κ1) is 9.50. The standard InChI is InChI=1S/C12H16O2/c1-3-8(2)7-14-11-6-9-4-5-10(13)12(9)11/h4-6,8-9,12H,3,7H2,1-2H3. The molecule has 0 saturated heterocycles. The van der Waals surface area contributed by atoms with Crippen LogP contribution in [-0.4, -0.2) is 12.4 Å². The van der Waals surface area contributed by atoms with Gasteiger partial charge < -0.3 is 4.74 Å². The molecule has 0 aromatic heterocycles. The number of rotatable bonds is 4. The number of hydrogen-bond acceptors (Lipinski definition) is 2. The van der Waals surface area contributed by atoms with E-state index in [2.05, 4.69) is 19.9 Å². The smallest absolute Gasteiger partial charge is 0.166 e. The van der Waals surface area contributed by atoms with Crippen LogP contribution in [0.25, 0.3) is 0 Å². The highest BCUT2D eigenvalue weighted by Crippen LogP contribution is 2.40. The summed E-state index contributed by atoms with van der Waals surface area (Å²) in [6.07, 6.45) is 6.80. The monoisotopic (exact) mass is 192 g/mol. The average molecular weight is 192 g/mol. The number of fused-ring (bicyclic) bond motifs is 1. The summed E-state index contributed by atoms with van der Waals surface area (Å²) < 4.78 is 5.62. The third kappa shape index (κ3) is 1.49. The quantitative estimate of drug-likeness (QED) is 0.683. The molecule has 2 aliphatic carbocycles. The molecule has 0 heterocycles. The van der Waals surface area contributed by atoms with Crippen LogP contribution >= 0.6 is 0 Å². The van der Waals surface area contributed by atoms with Crippen molar-refractivity contribution < 1.29 is 9.53 Å². The molecule has 14 heavy (non-hydrogen) atoms. The first-order chi connectivity index (χ1) is 6.72. The fourth-order valence-corrected chi connectivity index (χ4v) is 1.76. The second kappa shape index (κ2) is 3.60. The number of carbonyl (C=O) groups is 1. The van der Waals surface area contributed by atoms with Crippen molar-refractivity contribution in [3.63, 3.8) is 0 Å². The van der Waals surface area contributed by atoms with Crippen LogP contribution in [0.2, 0.25) is 0 Å². The minimum Gasteiger partial charge on any atom is -0.497 e. The Morgan fingerprint density at radius 2 is 2.36 bits per heavy atom. The van der Waals surface area contributed by atoms with Crippen LogP contribution in [0, 0.1) is 17.8 Å². The van der Waals surface area contributed by atoms with Gasteiger partial charge in [-0.05, 0) is 18.1 Å². The summed E-state index contributed by atoms with van der Waals surface area (Å²) in [5.41, 5.74) is 0. The largest absolute Gasteiger partial charge is 0.497 e. The van der Waals surface area contributed by atoms with Gasteiger partial charge in [-0.25, -0.2) is 0 Å². The summed E-state index contributed by atoms with van der Waals surface area (Å²) >= 11 is 0. The first-order valence-corrected chi connectivity index (χ1v) is 5.29. The molecule has 0 aromatic rings. The molecule has 3 atom stereocenters. The van der Waals surface area contributed by atoms with E-state index in [0.717, 1.165) is 18.8 Å². The highest BCUT2D eigenvalue weighted by atomic mass is 16.5. The molecule has 2 aliphatic rings. The molecule has 0 radical (unpaired) electrons. The summed E-state index contributed by atoms with van der Waals surface area (Å²) in [7, 11) is 0. The van der Waals surface area contributed by atoms with Crippen LogP contribution in [0.15, 0.2) is 24.0 Å². The molecule has 0 saturated carbocycles. The van der Waals surface area contributed by atoms with E-state index in [4.69, 9.17) is 4.74 Å². The molecular formula is C12H16O2. The highest BCUT2D eigenvalue weighted by Gasteiger charge is 2.40. The van der Waals surface area contributed by atoms with Gasteiger partial charge in [0.15, 0.2) is 5.78 Å². The number of hydrogen-bond donors (Lipinski definition) is 0. The van der Waals surface area contributed by atoms with Crippen molar-refractivity contribution in [2.24, 2.45) is 17.8 Å². The van der Waals surface area contributed by atoms with Crippen LogP contribution in [-0.2, 0) is 9.53 Å². The average Bonchev–Trinajstić information content (AvgIpc) is 2.41. The molecular weight excluding hydrogens is 176 g/mol. The summed E-state index contributed by atoms with van der Waals surface area (Å²) in [5, 5.41) is 0. The van der Waals surface area contributed by atoms with Crippen LogP contribution in [0.4, 0.5) is 0 Å². The van der Waals surface area contributed by atoms with Gasteiger partial charge in [0.1, 0.15) is 5.76 Å². The van der Waals surface area contributed by atoms with Crippen molar-refractivity contribution >= 4 is 5.78 Å². The van der Waals surface area contributed by atoms with E-state index < -0.39 is 0 Å². The lowest BCUT2D eigenvalue weighted by atomic mass is 9.82. The van der Waals surface area contributed by atoms with Crippen LogP contribution in [0.3, 0.4) is 0 Å². The van der Waals surface area contributed by atoms with Crippen LogP contribution in [0.1, 0.15) is 20.3 Å². The Morgan fingerprint density at radius 1 is 1.57 bits per heavy atom. The summed E-state index contributed by atoms with van der Waals surface area (Å²) in [5.74, 6) is 2.02. The Labute approximate surface area is 84.6 Å². The van der Waals surface area contributed by atoms with E-state index in [0.29, 0.717) is 11.8 Å². The normalized spacial score (nSPS) is 30.7. The number of ether oxygens (including phenoxy) is 1. The minimum atomic E-state index is 0.0269. The predicted molar refractivity (Wildman–Crippen MR) is 54.6 cm³/mol. The van der Waals surface area contributed by atoms with Crippen molar-refractivity contribution in [1.29, 1.82) is 0 Å². The second-order valence-electron chi connectivity index (χ2n) is 4.21. The molecule has 0 aromatic carbocycles. The molecule has 0 spiro atoms. The van der Waals surface area contributed by atoms with Crippen LogP contribution in [0.5, 0.6) is 0 Å². The van der Waals surface area contributed by atoms with E-state index in [9.17, 15) is 4.79 Å². The van der Waals surface area contributed by atoms with Gasteiger partial charge in [0.05, 0.1) is 12.5 Å². The summed E-state index contributed by atoms with van der Waals surface area (Å²) in [6.45, 7) is 5.04. The fraction of sp³-hybridized carbons (Fsp3) is 0.583. The Balaban J connectivity index is 1.85. The van der Waals surface area contributed by atoms with Gasteiger partial charge in [0, 0.05) is 5.92 Å². The maximum atomic E-state index is 11.4. The Hall–Kier alpha value is -1.05. The number of carbonyl (C=O) groups excluding carboxylic acids is 1. The van der Waals surface area contributed by atoms with Gasteiger partial charge in [-0.1, -0.05) is 26.3 Å². The lowest BCUT2D eigenvalue weighted by Crippen LogP contribution is -2.28. The maximum Gasteiger partial charge on any atom is 0.166 e. The first-order valence-electron chi connectivity index (χ1n) is 5.29. The van der Waals surface area contributed by atoms with Gasteiger partial charge in [-0.2, -0.15) is 0 Å². The fourth-order valence-electron chi connectivity index (χ4n) is 1.76. The Morgan fingerprint density at radius 3 is 3.00 bits per heavy atom. The van der Waals surface area contributed by atoms with Gasteiger partial charge in [-0.15, -0.1) is 0 Å².